The van der Waals surface area contributed by atoms with Gasteiger partial charge in [-0.2, -0.15) is 0 Å². The minimum absolute atomic E-state index is 0.0228. The van der Waals surface area contributed by atoms with Crippen molar-refractivity contribution in [2.45, 2.75) is 90.2 Å². The summed E-state index contributed by atoms with van der Waals surface area (Å²) in [4.78, 5) is 28.7. The quantitative estimate of drug-likeness (QED) is 0.260. The summed E-state index contributed by atoms with van der Waals surface area (Å²) in [5.74, 6) is -1.49. The van der Waals surface area contributed by atoms with Gasteiger partial charge in [-0.15, -0.1) is 0 Å². The van der Waals surface area contributed by atoms with Crippen molar-refractivity contribution in [1.82, 2.24) is 4.90 Å². The molecular formula is C34H43NO5. The van der Waals surface area contributed by atoms with Crippen LogP contribution in [-0.4, -0.2) is 50.8 Å². The molecular weight excluding hydrogens is 502 g/mol. The maximum Gasteiger partial charge on any atom is 0.234 e. The molecule has 5 rings (SSSR count). The summed E-state index contributed by atoms with van der Waals surface area (Å²) in [6.45, 7) is 3.89. The summed E-state index contributed by atoms with van der Waals surface area (Å²) in [6, 6.07) is 11.4. The van der Waals surface area contributed by atoms with Crippen LogP contribution in [0.25, 0.3) is 16.8 Å². The molecule has 3 aliphatic rings. The minimum Gasteiger partial charge on any atom is -0.507 e. The molecule has 0 unspecified atom stereocenters. The van der Waals surface area contributed by atoms with E-state index in [1.54, 1.807) is 11.0 Å². The third kappa shape index (κ3) is 5.24. The zero-order valence-corrected chi connectivity index (χ0v) is 23.8. The number of hydrogen-bond acceptors (Lipinski definition) is 5. The van der Waals surface area contributed by atoms with Crippen molar-refractivity contribution in [2.75, 3.05) is 6.61 Å². The number of benzene rings is 2. The lowest BCUT2D eigenvalue weighted by atomic mass is 9.67. The molecule has 2 amide bonds. The van der Waals surface area contributed by atoms with E-state index in [4.69, 9.17) is 0 Å². The predicted molar refractivity (Wildman–Crippen MR) is 157 cm³/mol. The fourth-order valence-corrected chi connectivity index (χ4v) is 7.50. The Balaban J connectivity index is 1.37. The average Bonchev–Trinajstić information content (AvgIpc) is 3.24. The second-order valence-corrected chi connectivity index (χ2v) is 11.8. The monoisotopic (exact) mass is 545 g/mol. The van der Waals surface area contributed by atoms with Crippen LogP contribution in [0.5, 0.6) is 5.75 Å². The Hall–Kier alpha value is -2.96. The fourth-order valence-electron chi connectivity index (χ4n) is 7.50. The van der Waals surface area contributed by atoms with Gasteiger partial charge in [0.2, 0.25) is 11.8 Å². The molecule has 2 aliphatic carbocycles. The van der Waals surface area contributed by atoms with Gasteiger partial charge in [-0.05, 0) is 67.5 Å². The van der Waals surface area contributed by atoms with Gasteiger partial charge >= 0.3 is 0 Å². The molecule has 1 saturated heterocycles. The average molecular weight is 546 g/mol. The Bertz CT molecular complexity index is 1320. The predicted octanol–water partition coefficient (Wildman–Crippen LogP) is 6.13. The summed E-state index contributed by atoms with van der Waals surface area (Å²) >= 11 is 0. The van der Waals surface area contributed by atoms with Gasteiger partial charge in [0.25, 0.3) is 0 Å². The highest BCUT2D eigenvalue weighted by Crippen LogP contribution is 2.48. The van der Waals surface area contributed by atoms with Gasteiger partial charge < -0.3 is 15.3 Å². The summed E-state index contributed by atoms with van der Waals surface area (Å²) < 4.78 is 0. The summed E-state index contributed by atoms with van der Waals surface area (Å²) in [7, 11) is 0. The molecule has 0 aromatic heterocycles. The molecule has 0 radical (unpaired) electrons. The maximum atomic E-state index is 13.7. The van der Waals surface area contributed by atoms with E-state index in [-0.39, 0.29) is 30.2 Å². The molecule has 0 bridgehead atoms. The zero-order valence-electron chi connectivity index (χ0n) is 23.8. The Kier molecular flexibility index (Phi) is 8.77. The summed E-state index contributed by atoms with van der Waals surface area (Å²) in [5, 5.41) is 34.2. The van der Waals surface area contributed by atoms with Crippen molar-refractivity contribution in [1.29, 1.82) is 0 Å². The van der Waals surface area contributed by atoms with Gasteiger partial charge in [0, 0.05) is 17.3 Å². The Labute approximate surface area is 237 Å². The van der Waals surface area contributed by atoms with Crippen molar-refractivity contribution < 1.29 is 24.9 Å². The number of allylic oxidation sites excluding steroid dienone is 2. The van der Waals surface area contributed by atoms with Gasteiger partial charge in [-0.25, -0.2) is 0 Å². The number of imide groups is 1. The highest BCUT2D eigenvalue weighted by atomic mass is 16.3. The first kappa shape index (κ1) is 28.6. The summed E-state index contributed by atoms with van der Waals surface area (Å²) in [5.41, 5.74) is 4.01. The van der Waals surface area contributed by atoms with Gasteiger partial charge in [-0.1, -0.05) is 80.7 Å². The number of aliphatic hydroxyl groups excluding tert-OH is 2. The van der Waals surface area contributed by atoms with Crippen molar-refractivity contribution in [3.8, 4) is 5.75 Å². The van der Waals surface area contributed by atoms with Crippen molar-refractivity contribution in [3.63, 3.8) is 0 Å². The van der Waals surface area contributed by atoms with E-state index >= 15 is 0 Å². The smallest absolute Gasteiger partial charge is 0.234 e. The van der Waals surface area contributed by atoms with Crippen molar-refractivity contribution >= 4 is 28.7 Å². The second kappa shape index (κ2) is 12.3. The van der Waals surface area contributed by atoms with Crippen LogP contribution < -0.4 is 0 Å². The van der Waals surface area contributed by atoms with Crippen LogP contribution in [0.4, 0.5) is 0 Å². The van der Waals surface area contributed by atoms with Crippen LogP contribution in [0, 0.1) is 17.8 Å². The number of phenolic OH excluding ortho intramolecular Hbond substituents is 1. The molecule has 6 heteroatoms. The lowest BCUT2D eigenvalue weighted by Gasteiger charge is -2.36. The Morgan fingerprint density at radius 3 is 2.42 bits per heavy atom. The molecule has 2 aromatic rings. The highest BCUT2D eigenvalue weighted by Gasteiger charge is 2.56. The van der Waals surface area contributed by atoms with Gasteiger partial charge in [-0.3, -0.25) is 14.5 Å². The van der Waals surface area contributed by atoms with E-state index in [1.165, 1.54) is 5.57 Å². The number of fused-ring (bicyclic) bond motifs is 2. The largest absolute Gasteiger partial charge is 0.507 e. The van der Waals surface area contributed by atoms with Crippen LogP contribution in [0.3, 0.4) is 0 Å². The molecule has 1 saturated carbocycles. The molecule has 1 heterocycles. The van der Waals surface area contributed by atoms with Gasteiger partial charge in [0.05, 0.1) is 24.5 Å². The van der Waals surface area contributed by atoms with E-state index in [0.29, 0.717) is 25.7 Å². The molecule has 2 aromatic carbocycles. The Morgan fingerprint density at radius 1 is 1.02 bits per heavy atom. The topological polar surface area (TPSA) is 98.1 Å². The van der Waals surface area contributed by atoms with E-state index in [9.17, 15) is 24.9 Å². The minimum atomic E-state index is -0.786. The molecule has 4 atom stereocenters. The molecule has 3 N–H and O–H groups in total. The van der Waals surface area contributed by atoms with Crippen LogP contribution in [-0.2, 0) is 9.59 Å². The van der Waals surface area contributed by atoms with Crippen LogP contribution >= 0.6 is 0 Å². The number of aliphatic hydroxyl groups is 2. The van der Waals surface area contributed by atoms with E-state index in [0.717, 1.165) is 66.0 Å². The first-order chi connectivity index (χ1) is 19.4. The molecule has 40 heavy (non-hydrogen) atoms. The number of hydrogen-bond donors (Lipinski definition) is 3. The maximum absolute atomic E-state index is 13.7. The molecule has 0 spiro atoms. The third-order valence-electron chi connectivity index (χ3n) is 9.63. The third-order valence-corrected chi connectivity index (χ3v) is 9.63. The first-order valence-electron chi connectivity index (χ1n) is 15.2. The number of carbonyl (C=O) groups excluding carboxylic acids is 2. The van der Waals surface area contributed by atoms with E-state index in [1.807, 2.05) is 37.3 Å². The molecule has 1 aliphatic heterocycles. The van der Waals surface area contributed by atoms with Crippen LogP contribution in [0.2, 0.25) is 0 Å². The van der Waals surface area contributed by atoms with Crippen molar-refractivity contribution in [3.05, 3.63) is 58.7 Å². The summed E-state index contributed by atoms with van der Waals surface area (Å²) in [6.07, 6.45) is 9.47. The van der Waals surface area contributed by atoms with Crippen LogP contribution in [0.1, 0.15) is 83.6 Å². The molecule has 6 nitrogen and oxygen atoms in total. The van der Waals surface area contributed by atoms with Gasteiger partial charge in [0.15, 0.2) is 0 Å². The van der Waals surface area contributed by atoms with E-state index < -0.39 is 23.9 Å². The SMILES string of the molecule is CCC1=C([C@H](O)CC/C(=C/c2ccc(O)c3ccccc23)CC)[C@H](CO)[C@@H]2C(=O)N(C3CCCCC3)C(=O)[C@@H]2C1. The number of rotatable bonds is 9. The zero-order chi connectivity index (χ0) is 28.4. The number of phenols is 1. The second-order valence-electron chi connectivity index (χ2n) is 11.8. The van der Waals surface area contributed by atoms with E-state index in [2.05, 4.69) is 13.0 Å². The number of carbonyl (C=O) groups is 2. The van der Waals surface area contributed by atoms with Crippen molar-refractivity contribution in [2.24, 2.45) is 17.8 Å². The lowest BCUT2D eigenvalue weighted by molar-refractivity contribution is -0.143. The molecule has 214 valence electrons. The van der Waals surface area contributed by atoms with Gasteiger partial charge in [0.1, 0.15) is 5.75 Å². The highest BCUT2D eigenvalue weighted by molar-refractivity contribution is 6.06. The number of likely N-dealkylation sites (tertiary alicyclic amines) is 1. The van der Waals surface area contributed by atoms with Crippen LogP contribution in [0.15, 0.2) is 53.1 Å². The fraction of sp³-hybridized carbons (Fsp3) is 0.529. The first-order valence-corrected chi connectivity index (χ1v) is 15.2. The number of aromatic hydroxyl groups is 1. The molecule has 2 fully saturated rings. The lowest BCUT2D eigenvalue weighted by Crippen LogP contribution is -2.42. The number of nitrogens with zero attached hydrogens (tertiary/aromatic N) is 1. The number of amides is 2. The Morgan fingerprint density at radius 2 is 1.75 bits per heavy atom. The normalized spacial score (nSPS) is 25.1. The standard InChI is InChI=1S/C34H43NO5/c1-3-21(18-23-15-17-29(37)26-13-9-8-12-25(23)26)14-16-30(38)31-22(4-2)19-27-32(28(31)20-36)34(40)35(33(27)39)24-10-6-5-7-11-24/h8-9,12-13,15,17-18,24,27-28,30,32,36-38H,3-7,10-11,14,16,19-20H2,1-2H3/b21-18+/t27-,28+,30-,32-/m1/s1.